The van der Waals surface area contributed by atoms with E-state index in [4.69, 9.17) is 9.47 Å². The number of carbonyl (C=O) groups excluding carboxylic acids is 2. The Balaban J connectivity index is 1.77. The minimum Gasteiger partial charge on any atom is -0.482 e. The summed E-state index contributed by atoms with van der Waals surface area (Å²) in [6.45, 7) is 6.44. The van der Waals surface area contributed by atoms with Gasteiger partial charge >= 0.3 is 6.09 Å². The Kier molecular flexibility index (Phi) is 4.75. The van der Waals surface area contributed by atoms with Gasteiger partial charge in [-0.15, -0.1) is 0 Å². The van der Waals surface area contributed by atoms with Crippen LogP contribution in [0.1, 0.15) is 20.8 Å². The Morgan fingerprint density at radius 1 is 1.36 bits per heavy atom. The van der Waals surface area contributed by atoms with Crippen molar-refractivity contribution in [2.24, 2.45) is 0 Å². The smallest absolute Gasteiger partial charge is 0.407 e. The molecule has 2 rings (SSSR count). The van der Waals surface area contributed by atoms with Gasteiger partial charge in [-0.2, -0.15) is 0 Å². The van der Waals surface area contributed by atoms with Gasteiger partial charge in [0.15, 0.2) is 6.61 Å². The highest BCUT2D eigenvalue weighted by atomic mass is 16.6. The van der Waals surface area contributed by atoms with Crippen LogP contribution in [-0.4, -0.2) is 37.3 Å². The van der Waals surface area contributed by atoms with Crippen LogP contribution < -0.4 is 20.7 Å². The third kappa shape index (κ3) is 4.83. The highest BCUT2D eigenvalue weighted by Crippen LogP contribution is 2.30. The molecule has 0 saturated carbocycles. The van der Waals surface area contributed by atoms with Gasteiger partial charge in [0.05, 0.1) is 5.69 Å². The quantitative estimate of drug-likeness (QED) is 0.740. The van der Waals surface area contributed by atoms with Gasteiger partial charge in [0.1, 0.15) is 11.4 Å². The van der Waals surface area contributed by atoms with Crippen molar-refractivity contribution in [1.29, 1.82) is 0 Å². The Hall–Kier alpha value is -2.44. The molecule has 120 valence electrons. The van der Waals surface area contributed by atoms with Crippen LogP contribution in [0.25, 0.3) is 0 Å². The summed E-state index contributed by atoms with van der Waals surface area (Å²) in [6.07, 6.45) is -0.444. The second-order valence-corrected chi connectivity index (χ2v) is 5.90. The normalized spacial score (nSPS) is 13.5. The molecule has 0 radical (unpaired) electrons. The molecule has 0 bridgehead atoms. The van der Waals surface area contributed by atoms with E-state index in [2.05, 4.69) is 16.0 Å². The van der Waals surface area contributed by atoms with E-state index in [1.165, 1.54) is 0 Å². The first kappa shape index (κ1) is 15.9. The number of fused-ring (bicyclic) bond motifs is 1. The van der Waals surface area contributed by atoms with E-state index < -0.39 is 11.7 Å². The van der Waals surface area contributed by atoms with Crippen molar-refractivity contribution in [3.8, 4) is 5.75 Å². The molecule has 1 aliphatic heterocycles. The number of carbonyl (C=O) groups is 2. The van der Waals surface area contributed by atoms with Gasteiger partial charge in [-0.25, -0.2) is 4.79 Å². The third-order valence-electron chi connectivity index (χ3n) is 2.73. The summed E-state index contributed by atoms with van der Waals surface area (Å²) < 4.78 is 10.4. The average Bonchev–Trinajstić information content (AvgIpc) is 2.41. The zero-order chi connectivity index (χ0) is 16.2. The lowest BCUT2D eigenvalue weighted by molar-refractivity contribution is -0.118. The first-order chi connectivity index (χ1) is 10.3. The molecule has 1 aromatic carbocycles. The first-order valence-electron chi connectivity index (χ1n) is 7.11. The van der Waals surface area contributed by atoms with Gasteiger partial charge in [0.2, 0.25) is 0 Å². The van der Waals surface area contributed by atoms with Gasteiger partial charge in [0, 0.05) is 18.8 Å². The van der Waals surface area contributed by atoms with Gasteiger partial charge in [0.25, 0.3) is 5.91 Å². The summed E-state index contributed by atoms with van der Waals surface area (Å²) in [5.74, 6) is 0.480. The predicted molar refractivity (Wildman–Crippen MR) is 83.3 cm³/mol. The fourth-order valence-electron chi connectivity index (χ4n) is 1.88. The predicted octanol–water partition coefficient (Wildman–Crippen LogP) is 1.95. The molecule has 0 saturated heterocycles. The highest BCUT2D eigenvalue weighted by molar-refractivity contribution is 5.96. The van der Waals surface area contributed by atoms with Crippen molar-refractivity contribution in [2.75, 3.05) is 30.3 Å². The van der Waals surface area contributed by atoms with Crippen molar-refractivity contribution in [3.05, 3.63) is 18.2 Å². The fourth-order valence-corrected chi connectivity index (χ4v) is 1.88. The van der Waals surface area contributed by atoms with Crippen molar-refractivity contribution >= 4 is 23.4 Å². The molecule has 7 nitrogen and oxygen atoms in total. The van der Waals surface area contributed by atoms with Crippen LogP contribution in [0.15, 0.2) is 18.2 Å². The molecule has 0 unspecified atom stereocenters. The Labute approximate surface area is 129 Å². The van der Waals surface area contributed by atoms with Gasteiger partial charge in [-0.3, -0.25) is 4.79 Å². The van der Waals surface area contributed by atoms with Crippen LogP contribution in [0.5, 0.6) is 5.75 Å². The van der Waals surface area contributed by atoms with E-state index in [-0.39, 0.29) is 12.5 Å². The zero-order valence-corrected chi connectivity index (χ0v) is 13.0. The molecule has 2 amide bonds. The van der Waals surface area contributed by atoms with Crippen LogP contribution >= 0.6 is 0 Å². The van der Waals surface area contributed by atoms with Gasteiger partial charge in [-0.1, -0.05) is 0 Å². The molecule has 0 spiro atoms. The highest BCUT2D eigenvalue weighted by Gasteiger charge is 2.16. The molecule has 0 fully saturated rings. The number of alkyl carbamates (subject to hydrolysis) is 1. The number of nitrogens with one attached hydrogen (secondary N) is 3. The summed E-state index contributed by atoms with van der Waals surface area (Å²) in [5, 5.41) is 8.55. The second-order valence-electron chi connectivity index (χ2n) is 5.90. The van der Waals surface area contributed by atoms with Gasteiger partial charge < -0.3 is 25.4 Å². The molecule has 0 aromatic heterocycles. The van der Waals surface area contributed by atoms with Crippen molar-refractivity contribution in [2.45, 2.75) is 26.4 Å². The van der Waals surface area contributed by atoms with Crippen LogP contribution in [0.2, 0.25) is 0 Å². The summed E-state index contributed by atoms with van der Waals surface area (Å²) in [6, 6.07) is 5.43. The largest absolute Gasteiger partial charge is 0.482 e. The number of amides is 2. The van der Waals surface area contributed by atoms with Crippen LogP contribution in [0.4, 0.5) is 16.2 Å². The summed E-state index contributed by atoms with van der Waals surface area (Å²) in [4.78, 5) is 22.7. The Morgan fingerprint density at radius 2 is 2.14 bits per heavy atom. The molecule has 1 aliphatic rings. The number of rotatable bonds is 4. The number of hydrogen-bond donors (Lipinski definition) is 3. The molecule has 3 N–H and O–H groups in total. The number of ether oxygens (including phenoxy) is 2. The summed E-state index contributed by atoms with van der Waals surface area (Å²) >= 11 is 0. The van der Waals surface area contributed by atoms with E-state index in [0.717, 1.165) is 5.69 Å². The van der Waals surface area contributed by atoms with Crippen LogP contribution in [0.3, 0.4) is 0 Å². The maximum Gasteiger partial charge on any atom is 0.407 e. The maximum absolute atomic E-state index is 11.5. The van der Waals surface area contributed by atoms with Crippen molar-refractivity contribution < 1.29 is 19.1 Å². The minimum absolute atomic E-state index is 0.0413. The summed E-state index contributed by atoms with van der Waals surface area (Å²) in [5.41, 5.74) is 0.964. The lowest BCUT2D eigenvalue weighted by Gasteiger charge is -2.20. The molecule has 7 heteroatoms. The minimum atomic E-state index is -0.506. The second kappa shape index (κ2) is 6.55. The average molecular weight is 307 g/mol. The fraction of sp³-hybridized carbons (Fsp3) is 0.467. The third-order valence-corrected chi connectivity index (χ3v) is 2.73. The number of anilines is 2. The van der Waals surface area contributed by atoms with Crippen LogP contribution in [-0.2, 0) is 9.53 Å². The first-order valence-corrected chi connectivity index (χ1v) is 7.11. The molecule has 0 aliphatic carbocycles. The lowest BCUT2D eigenvalue weighted by Crippen LogP contribution is -2.35. The number of hydrogen-bond acceptors (Lipinski definition) is 5. The summed E-state index contributed by atoms with van der Waals surface area (Å²) in [7, 11) is 0. The Bertz CT molecular complexity index is 566. The standard InChI is InChI=1S/C15H21N3O4/c1-15(2,3)22-14(20)17-7-6-16-10-4-5-12-11(8-10)18-13(19)9-21-12/h4-5,8,16H,6-7,9H2,1-3H3,(H,17,20)(H,18,19). The van der Waals surface area contributed by atoms with E-state index in [0.29, 0.717) is 24.5 Å². The number of benzene rings is 1. The van der Waals surface area contributed by atoms with E-state index in [1.54, 1.807) is 12.1 Å². The Morgan fingerprint density at radius 3 is 2.86 bits per heavy atom. The maximum atomic E-state index is 11.5. The van der Waals surface area contributed by atoms with Gasteiger partial charge in [-0.05, 0) is 39.0 Å². The van der Waals surface area contributed by atoms with E-state index in [1.807, 2.05) is 26.8 Å². The van der Waals surface area contributed by atoms with E-state index in [9.17, 15) is 9.59 Å². The molecular formula is C15H21N3O4. The lowest BCUT2D eigenvalue weighted by atomic mass is 10.2. The van der Waals surface area contributed by atoms with Crippen molar-refractivity contribution in [1.82, 2.24) is 5.32 Å². The molecular weight excluding hydrogens is 286 g/mol. The molecule has 1 heterocycles. The zero-order valence-electron chi connectivity index (χ0n) is 13.0. The SMILES string of the molecule is CC(C)(C)OC(=O)NCCNc1ccc2c(c1)NC(=O)CO2. The topological polar surface area (TPSA) is 88.7 Å². The monoisotopic (exact) mass is 307 g/mol. The van der Waals surface area contributed by atoms with Crippen molar-refractivity contribution in [3.63, 3.8) is 0 Å². The van der Waals surface area contributed by atoms with E-state index >= 15 is 0 Å². The molecule has 1 aromatic rings. The molecule has 22 heavy (non-hydrogen) atoms. The molecule has 0 atom stereocenters. The van der Waals surface area contributed by atoms with Crippen LogP contribution in [0, 0.1) is 0 Å².